The third kappa shape index (κ3) is 4.08. The average Bonchev–Trinajstić information content (AvgIpc) is 2.70. The largest absolute Gasteiger partial charge is 0.310 e. The zero-order chi connectivity index (χ0) is 14.0. The predicted octanol–water partition coefficient (Wildman–Crippen LogP) is 4.44. The first-order valence-corrected chi connectivity index (χ1v) is 8.33. The van der Waals surface area contributed by atoms with Crippen molar-refractivity contribution in [3.05, 3.63) is 20.3 Å². The van der Waals surface area contributed by atoms with E-state index in [2.05, 4.69) is 31.1 Å². The van der Waals surface area contributed by atoms with Crippen LogP contribution in [0.3, 0.4) is 0 Å². The topological polar surface area (TPSA) is 15.3 Å². The highest BCUT2D eigenvalue weighted by Gasteiger charge is 2.29. The summed E-state index contributed by atoms with van der Waals surface area (Å²) in [6.07, 6.45) is 2.50. The number of halogens is 2. The van der Waals surface area contributed by atoms with E-state index in [0.29, 0.717) is 5.41 Å². The first-order chi connectivity index (χ1) is 8.89. The Balaban J connectivity index is 1.90. The zero-order valence-corrected chi connectivity index (χ0v) is 14.1. The second kappa shape index (κ2) is 6.31. The molecule has 0 aliphatic carbocycles. The molecule has 0 saturated carbocycles. The van der Waals surface area contributed by atoms with Crippen LogP contribution in [0.25, 0.3) is 0 Å². The summed E-state index contributed by atoms with van der Waals surface area (Å²) in [6.45, 7) is 7.95. The normalized spacial score (nSPS) is 21.5. The molecule has 108 valence electrons. The molecule has 5 heteroatoms. The summed E-state index contributed by atoms with van der Waals surface area (Å²) in [6, 6.07) is 2.23. The molecule has 1 aliphatic rings. The second-order valence-corrected chi connectivity index (χ2v) is 8.28. The molecular weight excluding hydrogens is 299 g/mol. The van der Waals surface area contributed by atoms with Crippen molar-refractivity contribution in [3.8, 4) is 0 Å². The van der Waals surface area contributed by atoms with Crippen LogP contribution in [0.4, 0.5) is 0 Å². The summed E-state index contributed by atoms with van der Waals surface area (Å²) in [5, 5.41) is 3.62. The van der Waals surface area contributed by atoms with Crippen LogP contribution in [-0.2, 0) is 0 Å². The van der Waals surface area contributed by atoms with Crippen LogP contribution < -0.4 is 5.32 Å². The van der Waals surface area contributed by atoms with E-state index in [1.54, 1.807) is 0 Å². The van der Waals surface area contributed by atoms with Gasteiger partial charge >= 0.3 is 0 Å². The van der Waals surface area contributed by atoms with Gasteiger partial charge in [-0.1, -0.05) is 30.1 Å². The third-order valence-corrected chi connectivity index (χ3v) is 5.70. The van der Waals surface area contributed by atoms with Crippen LogP contribution in [0.2, 0.25) is 8.67 Å². The lowest BCUT2D eigenvalue weighted by atomic mass is 9.80. The van der Waals surface area contributed by atoms with E-state index in [1.165, 1.54) is 37.3 Å². The number of piperidine rings is 1. The quantitative estimate of drug-likeness (QED) is 0.882. The van der Waals surface area contributed by atoms with Crippen molar-refractivity contribution in [3.63, 3.8) is 0 Å². The second-order valence-electron chi connectivity index (χ2n) is 6.00. The van der Waals surface area contributed by atoms with E-state index < -0.39 is 0 Å². The molecule has 0 bridgehead atoms. The molecule has 0 aromatic carbocycles. The van der Waals surface area contributed by atoms with Crippen LogP contribution in [0.5, 0.6) is 0 Å². The molecule has 1 aromatic heterocycles. The van der Waals surface area contributed by atoms with Crippen LogP contribution in [0.15, 0.2) is 6.07 Å². The molecule has 2 heterocycles. The lowest BCUT2D eigenvalue weighted by molar-refractivity contribution is 0.134. The molecule has 0 spiro atoms. The molecule has 19 heavy (non-hydrogen) atoms. The molecule has 1 fully saturated rings. The van der Waals surface area contributed by atoms with Gasteiger partial charge < -0.3 is 10.2 Å². The summed E-state index contributed by atoms with van der Waals surface area (Å²) in [4.78, 5) is 2.40. The van der Waals surface area contributed by atoms with Crippen molar-refractivity contribution in [2.75, 3.05) is 26.7 Å². The van der Waals surface area contributed by atoms with E-state index in [1.807, 2.05) is 6.07 Å². The maximum atomic E-state index is 6.20. The van der Waals surface area contributed by atoms with Crippen LogP contribution in [0.1, 0.15) is 38.3 Å². The van der Waals surface area contributed by atoms with Crippen molar-refractivity contribution < 1.29 is 0 Å². The molecule has 1 aromatic rings. The summed E-state index contributed by atoms with van der Waals surface area (Å²) < 4.78 is 1.57. The minimum Gasteiger partial charge on any atom is -0.310 e. The SMILES string of the molecule is CC(NCC1(C)CCN(C)CC1)c1cc(Cl)sc1Cl. The lowest BCUT2D eigenvalue weighted by Crippen LogP contribution is -2.42. The predicted molar refractivity (Wildman–Crippen MR) is 85.6 cm³/mol. The van der Waals surface area contributed by atoms with Crippen LogP contribution >= 0.6 is 34.5 Å². The van der Waals surface area contributed by atoms with Crippen molar-refractivity contribution >= 4 is 34.5 Å². The number of likely N-dealkylation sites (tertiary alicyclic amines) is 1. The fourth-order valence-corrected chi connectivity index (χ4v) is 4.14. The summed E-state index contributed by atoms with van der Waals surface area (Å²) in [5.41, 5.74) is 1.51. The fraction of sp³-hybridized carbons (Fsp3) is 0.714. The van der Waals surface area contributed by atoms with Gasteiger partial charge in [0.1, 0.15) is 0 Å². The Morgan fingerprint density at radius 3 is 2.58 bits per heavy atom. The standard InChI is InChI=1S/C14H22Cl2N2S/c1-10(11-8-12(15)19-13(11)16)17-9-14(2)4-6-18(3)7-5-14/h8,10,17H,4-7,9H2,1-3H3. The summed E-state index contributed by atoms with van der Waals surface area (Å²) in [7, 11) is 2.20. The maximum absolute atomic E-state index is 6.20. The van der Waals surface area contributed by atoms with Gasteiger partial charge in [-0.15, -0.1) is 11.3 Å². The highest BCUT2D eigenvalue weighted by atomic mass is 35.5. The van der Waals surface area contributed by atoms with E-state index >= 15 is 0 Å². The molecule has 1 N–H and O–H groups in total. The van der Waals surface area contributed by atoms with E-state index in [0.717, 1.165) is 20.8 Å². The first-order valence-electron chi connectivity index (χ1n) is 6.76. The first kappa shape index (κ1) is 15.6. The number of nitrogens with zero attached hydrogens (tertiary/aromatic N) is 1. The van der Waals surface area contributed by atoms with E-state index in [-0.39, 0.29) is 6.04 Å². The Hall–Kier alpha value is 0.200. The van der Waals surface area contributed by atoms with Crippen LogP contribution in [-0.4, -0.2) is 31.6 Å². The van der Waals surface area contributed by atoms with Gasteiger partial charge in [-0.2, -0.15) is 0 Å². The number of hydrogen-bond donors (Lipinski definition) is 1. The van der Waals surface area contributed by atoms with E-state index in [9.17, 15) is 0 Å². The van der Waals surface area contributed by atoms with Crippen molar-refractivity contribution in [2.24, 2.45) is 5.41 Å². The summed E-state index contributed by atoms with van der Waals surface area (Å²) in [5.74, 6) is 0. The third-order valence-electron chi connectivity index (χ3n) is 4.18. The van der Waals surface area contributed by atoms with Gasteiger partial charge in [0.15, 0.2) is 0 Å². The molecule has 0 radical (unpaired) electrons. The number of hydrogen-bond acceptors (Lipinski definition) is 3. The van der Waals surface area contributed by atoms with Gasteiger partial charge in [-0.25, -0.2) is 0 Å². The Labute approximate surface area is 130 Å². The Kier molecular flexibility index (Phi) is 5.18. The lowest BCUT2D eigenvalue weighted by Gasteiger charge is -2.38. The molecule has 1 aliphatic heterocycles. The molecule has 2 nitrogen and oxygen atoms in total. The Morgan fingerprint density at radius 1 is 1.42 bits per heavy atom. The van der Waals surface area contributed by atoms with Gasteiger partial charge in [0.2, 0.25) is 0 Å². The highest BCUT2D eigenvalue weighted by molar-refractivity contribution is 7.20. The monoisotopic (exact) mass is 320 g/mol. The van der Waals surface area contributed by atoms with Gasteiger partial charge in [0.05, 0.1) is 8.67 Å². The van der Waals surface area contributed by atoms with Gasteiger partial charge in [0, 0.05) is 12.6 Å². The molecular formula is C14H22Cl2N2S. The molecule has 1 unspecified atom stereocenters. The van der Waals surface area contributed by atoms with Gasteiger partial charge in [-0.05, 0) is 56.9 Å². The van der Waals surface area contributed by atoms with Gasteiger partial charge in [-0.3, -0.25) is 0 Å². The fourth-order valence-electron chi connectivity index (χ4n) is 2.49. The average molecular weight is 321 g/mol. The molecule has 2 rings (SSSR count). The maximum Gasteiger partial charge on any atom is 0.0991 e. The Morgan fingerprint density at radius 2 is 2.05 bits per heavy atom. The van der Waals surface area contributed by atoms with E-state index in [4.69, 9.17) is 23.2 Å². The minimum atomic E-state index is 0.257. The molecule has 1 atom stereocenters. The number of nitrogens with one attached hydrogen (secondary N) is 1. The number of thiophene rings is 1. The Bertz CT molecular complexity index is 425. The van der Waals surface area contributed by atoms with Crippen LogP contribution in [0, 0.1) is 5.41 Å². The molecule has 0 amide bonds. The molecule has 1 saturated heterocycles. The van der Waals surface area contributed by atoms with Crippen molar-refractivity contribution in [1.82, 2.24) is 10.2 Å². The highest BCUT2D eigenvalue weighted by Crippen LogP contribution is 2.36. The summed E-state index contributed by atoms with van der Waals surface area (Å²) >= 11 is 13.6. The zero-order valence-electron chi connectivity index (χ0n) is 11.8. The number of rotatable bonds is 4. The van der Waals surface area contributed by atoms with Crippen molar-refractivity contribution in [1.29, 1.82) is 0 Å². The minimum absolute atomic E-state index is 0.257. The smallest absolute Gasteiger partial charge is 0.0991 e. The van der Waals surface area contributed by atoms with Gasteiger partial charge in [0.25, 0.3) is 0 Å². The van der Waals surface area contributed by atoms with Crippen molar-refractivity contribution in [2.45, 2.75) is 32.7 Å².